The van der Waals surface area contributed by atoms with Crippen molar-refractivity contribution in [1.82, 2.24) is 9.55 Å². The smallest absolute Gasteiger partial charge is 0.235 e. The molecule has 0 aliphatic heterocycles. The molecule has 2 aromatic heterocycles. The quantitative estimate of drug-likeness (QED) is 0.777. The number of amides is 1. The number of carbonyl (C=O) groups excluding carboxylic acids is 1. The Kier molecular flexibility index (Phi) is 5.50. The van der Waals surface area contributed by atoms with E-state index in [-0.39, 0.29) is 5.91 Å². The summed E-state index contributed by atoms with van der Waals surface area (Å²) >= 11 is 2.98. The van der Waals surface area contributed by atoms with Crippen LogP contribution in [0, 0.1) is 32.1 Å². The van der Waals surface area contributed by atoms with Crippen molar-refractivity contribution in [2.75, 3.05) is 11.1 Å². The van der Waals surface area contributed by atoms with Crippen LogP contribution in [0.1, 0.15) is 54.2 Å². The fourth-order valence-corrected chi connectivity index (χ4v) is 5.05. The Morgan fingerprint density at radius 3 is 2.76 bits per heavy atom. The molecule has 1 N–H and O–H groups in total. The monoisotopic (exact) mass is 374 g/mol. The van der Waals surface area contributed by atoms with E-state index in [2.05, 4.69) is 20.9 Å². The van der Waals surface area contributed by atoms with E-state index in [1.165, 1.54) is 24.6 Å². The lowest BCUT2D eigenvalue weighted by Crippen LogP contribution is -2.19. The Morgan fingerprint density at radius 1 is 1.44 bits per heavy atom. The average molecular weight is 375 g/mol. The third-order valence-corrected chi connectivity index (χ3v) is 6.88. The van der Waals surface area contributed by atoms with Gasteiger partial charge < -0.3 is 9.88 Å². The summed E-state index contributed by atoms with van der Waals surface area (Å²) in [6.07, 6.45) is 4.62. The highest BCUT2D eigenvalue weighted by atomic mass is 32.2. The first-order valence-corrected chi connectivity index (χ1v) is 10.3. The molecule has 0 unspecified atom stereocenters. The summed E-state index contributed by atoms with van der Waals surface area (Å²) in [5, 5.41) is 14.6. The van der Waals surface area contributed by atoms with Crippen molar-refractivity contribution in [2.45, 2.75) is 56.8 Å². The summed E-state index contributed by atoms with van der Waals surface area (Å²) in [5.74, 6) is 0.877. The summed E-state index contributed by atoms with van der Waals surface area (Å²) in [4.78, 5) is 16.8. The Hall–Kier alpha value is -1.78. The summed E-state index contributed by atoms with van der Waals surface area (Å²) in [5.41, 5.74) is 3.61. The zero-order valence-electron chi connectivity index (χ0n) is 14.8. The molecule has 1 fully saturated rings. The number of rotatable bonds is 5. The van der Waals surface area contributed by atoms with Gasteiger partial charge in [0.25, 0.3) is 0 Å². The summed E-state index contributed by atoms with van der Waals surface area (Å²) in [6.45, 7) is 5.94. The molecule has 0 aromatic carbocycles. The number of hydrogen-bond acceptors (Lipinski definition) is 5. The fraction of sp³-hybridized carbons (Fsp3) is 0.500. The van der Waals surface area contributed by atoms with E-state index >= 15 is 0 Å². The van der Waals surface area contributed by atoms with E-state index in [1.54, 1.807) is 11.3 Å². The maximum absolute atomic E-state index is 12.5. The Morgan fingerprint density at radius 2 is 2.16 bits per heavy atom. The van der Waals surface area contributed by atoms with Crippen molar-refractivity contribution < 1.29 is 4.79 Å². The first-order valence-electron chi connectivity index (χ1n) is 8.47. The second-order valence-electron chi connectivity index (χ2n) is 6.45. The molecule has 0 bridgehead atoms. The van der Waals surface area contributed by atoms with E-state index < -0.39 is 0 Å². The normalized spacial score (nSPS) is 14.6. The molecule has 1 saturated carbocycles. The number of anilines is 1. The molecule has 2 heterocycles. The second kappa shape index (κ2) is 7.63. The minimum atomic E-state index is -0.0916. The van der Waals surface area contributed by atoms with Crippen molar-refractivity contribution in [3.05, 3.63) is 27.9 Å². The van der Waals surface area contributed by atoms with E-state index in [0.29, 0.717) is 23.2 Å². The Labute approximate surface area is 156 Å². The Balaban J connectivity index is 1.79. The first-order chi connectivity index (χ1) is 12.0. The maximum Gasteiger partial charge on any atom is 0.235 e. The molecule has 0 saturated heterocycles. The topological polar surface area (TPSA) is 70.7 Å². The average Bonchev–Trinajstić information content (AvgIpc) is 3.29. The summed E-state index contributed by atoms with van der Waals surface area (Å²) < 4.78 is 3.07. The van der Waals surface area contributed by atoms with Crippen LogP contribution < -0.4 is 5.32 Å². The molecule has 25 heavy (non-hydrogen) atoms. The minimum Gasteiger partial charge on any atom is -0.327 e. The number of thioether (sulfide) groups is 1. The largest absolute Gasteiger partial charge is 0.327 e. The SMILES string of the molecule is Cc1csc(SCC(=O)Nc2c(C#N)c(C)c(C)n2C2CCCC2)n1. The lowest BCUT2D eigenvalue weighted by atomic mass is 10.2. The van der Waals surface area contributed by atoms with Crippen molar-refractivity contribution in [1.29, 1.82) is 5.26 Å². The molecule has 0 spiro atoms. The zero-order valence-corrected chi connectivity index (χ0v) is 16.4. The van der Waals surface area contributed by atoms with Gasteiger partial charge in [-0.25, -0.2) is 4.98 Å². The van der Waals surface area contributed by atoms with Crippen LogP contribution >= 0.6 is 23.1 Å². The third-order valence-electron chi connectivity index (χ3n) is 4.74. The number of nitriles is 1. The van der Waals surface area contributed by atoms with E-state index in [9.17, 15) is 10.1 Å². The van der Waals surface area contributed by atoms with Crippen LogP contribution in [-0.2, 0) is 4.79 Å². The molecule has 1 aliphatic rings. The van der Waals surface area contributed by atoms with Crippen LogP contribution in [0.5, 0.6) is 0 Å². The van der Waals surface area contributed by atoms with Crippen LogP contribution in [-0.4, -0.2) is 21.2 Å². The lowest BCUT2D eigenvalue weighted by Gasteiger charge is -2.19. The molecular formula is C18H22N4OS2. The molecule has 1 amide bonds. The molecule has 3 rings (SSSR count). The first kappa shape index (κ1) is 18.0. The van der Waals surface area contributed by atoms with Gasteiger partial charge in [-0.05, 0) is 39.2 Å². The fourth-order valence-electron chi connectivity index (χ4n) is 3.40. The molecule has 7 heteroatoms. The van der Waals surface area contributed by atoms with Gasteiger partial charge in [-0.2, -0.15) is 5.26 Å². The second-order valence-corrected chi connectivity index (χ2v) is 8.53. The standard InChI is InChI=1S/C18H22N4OS2/c1-11-9-24-18(20-11)25-10-16(23)21-17-15(8-19)12(2)13(3)22(17)14-6-4-5-7-14/h9,14H,4-7,10H2,1-3H3,(H,21,23). The van der Waals surface area contributed by atoms with Gasteiger partial charge in [-0.1, -0.05) is 24.6 Å². The van der Waals surface area contributed by atoms with Gasteiger partial charge >= 0.3 is 0 Å². The number of hydrogen-bond donors (Lipinski definition) is 1. The van der Waals surface area contributed by atoms with Crippen molar-refractivity contribution in [2.24, 2.45) is 0 Å². The predicted octanol–water partition coefficient (Wildman–Crippen LogP) is 4.59. The molecule has 5 nitrogen and oxygen atoms in total. The Bertz CT molecular complexity index is 825. The van der Waals surface area contributed by atoms with Gasteiger partial charge in [-0.3, -0.25) is 4.79 Å². The lowest BCUT2D eigenvalue weighted by molar-refractivity contribution is -0.113. The van der Waals surface area contributed by atoms with Crippen LogP contribution in [0.15, 0.2) is 9.72 Å². The van der Waals surface area contributed by atoms with E-state index in [1.807, 2.05) is 26.2 Å². The number of thiazole rings is 1. The van der Waals surface area contributed by atoms with Gasteiger partial charge in [0, 0.05) is 22.8 Å². The van der Waals surface area contributed by atoms with Gasteiger partial charge in [0.05, 0.1) is 11.3 Å². The minimum absolute atomic E-state index is 0.0916. The molecule has 0 radical (unpaired) electrons. The highest BCUT2D eigenvalue weighted by molar-refractivity contribution is 8.01. The zero-order chi connectivity index (χ0) is 18.0. The summed E-state index contributed by atoms with van der Waals surface area (Å²) in [6, 6.07) is 2.66. The predicted molar refractivity (Wildman–Crippen MR) is 102 cm³/mol. The molecular weight excluding hydrogens is 352 g/mol. The van der Waals surface area contributed by atoms with E-state index in [4.69, 9.17) is 0 Å². The number of nitrogens with one attached hydrogen (secondary N) is 1. The van der Waals surface area contributed by atoms with Crippen LogP contribution in [0.25, 0.3) is 0 Å². The van der Waals surface area contributed by atoms with Gasteiger partial charge in [0.2, 0.25) is 5.91 Å². The van der Waals surface area contributed by atoms with Gasteiger partial charge in [0.15, 0.2) is 4.34 Å². The van der Waals surface area contributed by atoms with E-state index in [0.717, 1.165) is 34.1 Å². The highest BCUT2D eigenvalue weighted by Crippen LogP contribution is 2.37. The number of nitrogens with zero attached hydrogens (tertiary/aromatic N) is 3. The van der Waals surface area contributed by atoms with Gasteiger partial charge in [0.1, 0.15) is 11.9 Å². The van der Waals surface area contributed by atoms with Gasteiger partial charge in [-0.15, -0.1) is 11.3 Å². The highest BCUT2D eigenvalue weighted by Gasteiger charge is 2.26. The van der Waals surface area contributed by atoms with Crippen molar-refractivity contribution in [3.8, 4) is 6.07 Å². The van der Waals surface area contributed by atoms with Crippen LogP contribution in [0.3, 0.4) is 0 Å². The number of carbonyl (C=O) groups is 1. The van der Waals surface area contributed by atoms with Crippen LogP contribution in [0.2, 0.25) is 0 Å². The maximum atomic E-state index is 12.5. The number of aromatic nitrogens is 2. The molecule has 0 atom stereocenters. The summed E-state index contributed by atoms with van der Waals surface area (Å²) in [7, 11) is 0. The molecule has 2 aromatic rings. The number of aryl methyl sites for hydroxylation is 1. The van der Waals surface area contributed by atoms with Crippen molar-refractivity contribution in [3.63, 3.8) is 0 Å². The van der Waals surface area contributed by atoms with Crippen molar-refractivity contribution >= 4 is 34.8 Å². The third kappa shape index (κ3) is 3.75. The molecule has 132 valence electrons. The van der Waals surface area contributed by atoms with Crippen LogP contribution in [0.4, 0.5) is 5.82 Å². The molecule has 1 aliphatic carbocycles.